The predicted molar refractivity (Wildman–Crippen MR) is 89.9 cm³/mol. The molecule has 0 saturated heterocycles. The number of carbonyl (C=O) groups is 3. The third-order valence-electron chi connectivity index (χ3n) is 4.12. The standard InChI is InChI=1S/C17H15N3O6/c18-20-17(26)9(6-21)19-8-4-5-11(23)14-13(8)16(25)12-7(15(14)24)2-1-3-10(12)22/h1-5,9,19,21-23H,6,18H2,(H,20,26)/t9-/m0/s1. The average Bonchev–Trinajstić information content (AvgIpc) is 2.64. The summed E-state index contributed by atoms with van der Waals surface area (Å²) in [6, 6.07) is 5.34. The van der Waals surface area contributed by atoms with Crippen LogP contribution in [0.5, 0.6) is 11.5 Å². The number of nitrogens with two attached hydrogens (primary N) is 1. The Morgan fingerprint density at radius 3 is 2.35 bits per heavy atom. The Morgan fingerprint density at radius 2 is 1.69 bits per heavy atom. The molecule has 2 aromatic carbocycles. The maximum Gasteiger partial charge on any atom is 0.258 e. The van der Waals surface area contributed by atoms with Crippen LogP contribution in [0.25, 0.3) is 0 Å². The number of fused-ring (bicyclic) bond motifs is 2. The van der Waals surface area contributed by atoms with Crippen molar-refractivity contribution in [1.82, 2.24) is 5.43 Å². The van der Waals surface area contributed by atoms with E-state index in [2.05, 4.69) is 5.32 Å². The largest absolute Gasteiger partial charge is 0.507 e. The van der Waals surface area contributed by atoms with Gasteiger partial charge in [-0.25, -0.2) is 5.84 Å². The SMILES string of the molecule is NNC(=O)[C@H](CO)Nc1ccc(O)c2c1C(=O)c1c(O)cccc1C2=O. The summed E-state index contributed by atoms with van der Waals surface area (Å²) in [5.41, 5.74) is 1.23. The molecule has 0 spiro atoms. The van der Waals surface area contributed by atoms with Crippen molar-refractivity contribution >= 4 is 23.2 Å². The zero-order valence-electron chi connectivity index (χ0n) is 13.3. The highest BCUT2D eigenvalue weighted by molar-refractivity contribution is 6.32. The van der Waals surface area contributed by atoms with Crippen molar-refractivity contribution in [3.8, 4) is 11.5 Å². The van der Waals surface area contributed by atoms with E-state index in [1.54, 1.807) is 0 Å². The van der Waals surface area contributed by atoms with Gasteiger partial charge in [-0.1, -0.05) is 12.1 Å². The minimum Gasteiger partial charge on any atom is -0.507 e. The molecule has 1 aliphatic carbocycles. The van der Waals surface area contributed by atoms with Crippen LogP contribution in [-0.4, -0.2) is 45.4 Å². The van der Waals surface area contributed by atoms with Crippen LogP contribution in [0.4, 0.5) is 5.69 Å². The second kappa shape index (κ2) is 6.47. The summed E-state index contributed by atoms with van der Waals surface area (Å²) in [5.74, 6) is 2.18. The smallest absolute Gasteiger partial charge is 0.258 e. The topological polar surface area (TPSA) is 162 Å². The average molecular weight is 357 g/mol. The van der Waals surface area contributed by atoms with Gasteiger partial charge in [0.05, 0.1) is 23.3 Å². The molecule has 9 nitrogen and oxygen atoms in total. The van der Waals surface area contributed by atoms with Crippen molar-refractivity contribution < 1.29 is 29.7 Å². The van der Waals surface area contributed by atoms with Gasteiger partial charge in [0.2, 0.25) is 0 Å². The van der Waals surface area contributed by atoms with Crippen molar-refractivity contribution in [2.45, 2.75) is 6.04 Å². The molecule has 134 valence electrons. The van der Waals surface area contributed by atoms with Gasteiger partial charge in [-0.15, -0.1) is 0 Å². The van der Waals surface area contributed by atoms with Crippen molar-refractivity contribution in [2.24, 2.45) is 5.84 Å². The monoisotopic (exact) mass is 357 g/mol. The van der Waals surface area contributed by atoms with Crippen LogP contribution >= 0.6 is 0 Å². The number of carbonyl (C=O) groups excluding carboxylic acids is 3. The fourth-order valence-corrected chi connectivity index (χ4v) is 2.89. The summed E-state index contributed by atoms with van der Waals surface area (Å²) in [4.78, 5) is 37.3. The van der Waals surface area contributed by atoms with Crippen LogP contribution in [0.15, 0.2) is 30.3 Å². The van der Waals surface area contributed by atoms with Crippen molar-refractivity contribution in [2.75, 3.05) is 11.9 Å². The first kappa shape index (κ1) is 17.4. The molecule has 0 saturated carbocycles. The number of phenols is 2. The third-order valence-corrected chi connectivity index (χ3v) is 4.12. The number of hydrazine groups is 1. The second-order valence-electron chi connectivity index (χ2n) is 5.63. The number of rotatable bonds is 4. The number of ketones is 2. The highest BCUT2D eigenvalue weighted by Gasteiger charge is 2.36. The van der Waals surface area contributed by atoms with E-state index in [4.69, 9.17) is 5.84 Å². The molecule has 1 aliphatic rings. The molecular formula is C17H15N3O6. The molecule has 0 heterocycles. The van der Waals surface area contributed by atoms with E-state index in [9.17, 15) is 29.7 Å². The lowest BCUT2D eigenvalue weighted by Gasteiger charge is -2.24. The Balaban J connectivity index is 2.19. The number of aliphatic hydroxyl groups is 1. The van der Waals surface area contributed by atoms with Gasteiger partial charge >= 0.3 is 0 Å². The first-order valence-corrected chi connectivity index (χ1v) is 7.55. The number of amides is 1. The molecule has 26 heavy (non-hydrogen) atoms. The zero-order chi connectivity index (χ0) is 19.0. The number of aromatic hydroxyl groups is 2. The van der Waals surface area contributed by atoms with E-state index in [0.717, 1.165) is 0 Å². The van der Waals surface area contributed by atoms with Crippen LogP contribution in [0.2, 0.25) is 0 Å². The summed E-state index contributed by atoms with van der Waals surface area (Å²) < 4.78 is 0. The summed E-state index contributed by atoms with van der Waals surface area (Å²) in [6.45, 7) is -0.636. The van der Waals surface area contributed by atoms with Gasteiger partial charge < -0.3 is 20.6 Å². The number of nitrogens with one attached hydrogen (secondary N) is 2. The molecule has 2 aromatic rings. The molecule has 9 heteroatoms. The van der Waals surface area contributed by atoms with Gasteiger partial charge in [-0.2, -0.15) is 0 Å². The van der Waals surface area contributed by atoms with Gasteiger partial charge in [-0.05, 0) is 18.2 Å². The van der Waals surface area contributed by atoms with Crippen molar-refractivity contribution in [3.05, 3.63) is 52.6 Å². The number of phenolic OH excluding ortho intramolecular Hbond substituents is 2. The number of aliphatic hydroxyl groups excluding tert-OH is 1. The first-order chi connectivity index (χ1) is 12.4. The lowest BCUT2D eigenvalue weighted by atomic mass is 9.82. The van der Waals surface area contributed by atoms with Crippen LogP contribution < -0.4 is 16.6 Å². The van der Waals surface area contributed by atoms with E-state index < -0.39 is 35.9 Å². The molecule has 0 aromatic heterocycles. The molecule has 0 radical (unpaired) electrons. The fourth-order valence-electron chi connectivity index (χ4n) is 2.89. The van der Waals surface area contributed by atoms with Crippen LogP contribution in [-0.2, 0) is 4.79 Å². The van der Waals surface area contributed by atoms with Crippen molar-refractivity contribution in [1.29, 1.82) is 0 Å². The van der Waals surface area contributed by atoms with Crippen LogP contribution in [0.1, 0.15) is 31.8 Å². The van der Waals surface area contributed by atoms with Crippen LogP contribution in [0.3, 0.4) is 0 Å². The zero-order valence-corrected chi connectivity index (χ0v) is 13.3. The molecule has 1 amide bonds. The number of anilines is 1. The van der Waals surface area contributed by atoms with Gasteiger partial charge in [-0.3, -0.25) is 19.8 Å². The van der Waals surface area contributed by atoms with Crippen LogP contribution in [0, 0.1) is 0 Å². The minimum atomic E-state index is -1.19. The normalized spacial score (nSPS) is 13.6. The molecule has 1 atom stereocenters. The lowest BCUT2D eigenvalue weighted by molar-refractivity contribution is -0.122. The van der Waals surface area contributed by atoms with E-state index in [1.807, 2.05) is 5.43 Å². The van der Waals surface area contributed by atoms with Crippen molar-refractivity contribution in [3.63, 3.8) is 0 Å². The summed E-state index contributed by atoms with van der Waals surface area (Å²) in [5, 5.41) is 32.1. The van der Waals surface area contributed by atoms with E-state index in [0.29, 0.717) is 0 Å². The molecule has 0 unspecified atom stereocenters. The molecule has 0 aliphatic heterocycles. The molecule has 7 N–H and O–H groups in total. The number of hydrogen-bond acceptors (Lipinski definition) is 8. The quantitative estimate of drug-likeness (QED) is 0.160. The molecule has 0 fully saturated rings. The number of hydrogen-bond donors (Lipinski definition) is 6. The highest BCUT2D eigenvalue weighted by atomic mass is 16.3. The van der Waals surface area contributed by atoms with E-state index in [-0.39, 0.29) is 33.7 Å². The maximum atomic E-state index is 12.9. The summed E-state index contributed by atoms with van der Waals surface area (Å²) in [7, 11) is 0. The van der Waals surface area contributed by atoms with Gasteiger partial charge in [0.25, 0.3) is 5.91 Å². The van der Waals surface area contributed by atoms with Gasteiger partial charge in [0, 0.05) is 11.3 Å². The molecule has 0 bridgehead atoms. The third kappa shape index (κ3) is 2.55. The van der Waals surface area contributed by atoms with Gasteiger partial charge in [0.15, 0.2) is 11.6 Å². The highest BCUT2D eigenvalue weighted by Crippen LogP contribution is 2.39. The second-order valence-corrected chi connectivity index (χ2v) is 5.63. The first-order valence-electron chi connectivity index (χ1n) is 7.55. The fraction of sp³-hybridized carbons (Fsp3) is 0.118. The lowest BCUT2D eigenvalue weighted by Crippen LogP contribution is -2.45. The Kier molecular flexibility index (Phi) is 4.33. The number of benzene rings is 2. The predicted octanol–water partition coefficient (Wildman–Crippen LogP) is -0.364. The maximum absolute atomic E-state index is 12.9. The molecular weight excluding hydrogens is 342 g/mol. The van der Waals surface area contributed by atoms with Gasteiger partial charge in [0.1, 0.15) is 17.5 Å². The molecule has 3 rings (SSSR count). The van der Waals surface area contributed by atoms with E-state index >= 15 is 0 Å². The van der Waals surface area contributed by atoms with E-state index in [1.165, 1.54) is 30.3 Å². The Bertz CT molecular complexity index is 940. The Labute approximate surface area is 147 Å². The summed E-state index contributed by atoms with van der Waals surface area (Å²) in [6.07, 6.45) is 0. The summed E-state index contributed by atoms with van der Waals surface area (Å²) >= 11 is 0. The Hall–Kier alpha value is -3.43. The minimum absolute atomic E-state index is 0.0339. The Morgan fingerprint density at radius 1 is 1.00 bits per heavy atom.